The van der Waals surface area contributed by atoms with Crippen molar-refractivity contribution >= 4 is 38.2 Å². The van der Waals surface area contributed by atoms with Crippen LogP contribution in [0.5, 0.6) is 5.75 Å². The molecule has 0 N–H and O–H groups in total. The number of hydrogen-bond donors (Lipinski definition) is 0. The van der Waals surface area contributed by atoms with Crippen LogP contribution in [0.15, 0.2) is 89.7 Å². The number of imidazole rings is 1. The van der Waals surface area contributed by atoms with Crippen LogP contribution < -0.4 is 10.3 Å². The number of para-hydroxylation sites is 2. The van der Waals surface area contributed by atoms with E-state index in [9.17, 15) is 4.79 Å². The van der Waals surface area contributed by atoms with Gasteiger partial charge in [0.25, 0.3) is 5.56 Å². The first-order chi connectivity index (χ1) is 14.3. The van der Waals surface area contributed by atoms with E-state index in [0.717, 1.165) is 32.8 Å². The van der Waals surface area contributed by atoms with Crippen molar-refractivity contribution in [1.82, 2.24) is 9.38 Å². The Balaban J connectivity index is 1.63. The molecule has 6 aromatic rings. The van der Waals surface area contributed by atoms with Crippen LogP contribution in [0.1, 0.15) is 5.56 Å². The highest BCUT2D eigenvalue weighted by Crippen LogP contribution is 2.32. The number of benzene rings is 4. The van der Waals surface area contributed by atoms with Crippen LogP contribution in [-0.4, -0.2) is 9.38 Å². The summed E-state index contributed by atoms with van der Waals surface area (Å²) in [5, 5.41) is 3.54. The second-order valence-electron chi connectivity index (χ2n) is 7.21. The summed E-state index contributed by atoms with van der Waals surface area (Å²) in [6.07, 6.45) is 0. The minimum Gasteiger partial charge on any atom is -0.489 e. The molecule has 0 atom stereocenters. The van der Waals surface area contributed by atoms with Crippen LogP contribution in [0.4, 0.5) is 0 Å². The van der Waals surface area contributed by atoms with Gasteiger partial charge in [-0.3, -0.25) is 9.20 Å². The molecule has 0 saturated carbocycles. The van der Waals surface area contributed by atoms with Gasteiger partial charge < -0.3 is 4.74 Å². The third-order valence-electron chi connectivity index (χ3n) is 5.43. The summed E-state index contributed by atoms with van der Waals surface area (Å²) in [6.45, 7) is 0.457. The highest BCUT2D eigenvalue weighted by Gasteiger charge is 2.16. The first-order valence-electron chi connectivity index (χ1n) is 9.56. The maximum absolute atomic E-state index is 13.5. The fourth-order valence-corrected chi connectivity index (χ4v) is 4.11. The highest BCUT2D eigenvalue weighted by atomic mass is 16.5. The van der Waals surface area contributed by atoms with E-state index in [1.54, 1.807) is 4.40 Å². The molecule has 4 heteroatoms. The fourth-order valence-electron chi connectivity index (χ4n) is 4.11. The molecule has 0 aliphatic carbocycles. The molecular weight excluding hydrogens is 360 g/mol. The molecule has 2 aromatic heterocycles. The number of fused-ring (bicyclic) bond motifs is 4. The molecule has 0 fully saturated rings. The lowest BCUT2D eigenvalue weighted by Crippen LogP contribution is -2.13. The van der Waals surface area contributed by atoms with Gasteiger partial charge in [0.05, 0.1) is 16.4 Å². The topological polar surface area (TPSA) is 43.6 Å². The number of nitrogens with zero attached hydrogens (tertiary/aromatic N) is 2. The Morgan fingerprint density at radius 3 is 2.55 bits per heavy atom. The zero-order chi connectivity index (χ0) is 19.4. The van der Waals surface area contributed by atoms with E-state index in [4.69, 9.17) is 9.72 Å². The van der Waals surface area contributed by atoms with Crippen LogP contribution in [-0.2, 0) is 6.61 Å². The van der Waals surface area contributed by atoms with E-state index < -0.39 is 0 Å². The third kappa shape index (κ3) is 2.39. The van der Waals surface area contributed by atoms with E-state index in [1.165, 1.54) is 0 Å². The summed E-state index contributed by atoms with van der Waals surface area (Å²) in [6, 6.07) is 27.7. The predicted octanol–water partition coefficient (Wildman–Crippen LogP) is 5.17. The largest absolute Gasteiger partial charge is 0.489 e. The molecule has 0 aliphatic rings. The van der Waals surface area contributed by atoms with Crippen molar-refractivity contribution in [3.63, 3.8) is 0 Å². The van der Waals surface area contributed by atoms with Gasteiger partial charge in [0.15, 0.2) is 0 Å². The quantitative estimate of drug-likeness (QED) is 0.428. The summed E-state index contributed by atoms with van der Waals surface area (Å²) in [7, 11) is 0. The summed E-state index contributed by atoms with van der Waals surface area (Å²) < 4.78 is 7.75. The van der Waals surface area contributed by atoms with Crippen LogP contribution in [0.2, 0.25) is 0 Å². The van der Waals surface area contributed by atoms with Crippen LogP contribution in [0.25, 0.3) is 38.2 Å². The van der Waals surface area contributed by atoms with Gasteiger partial charge >= 0.3 is 0 Å². The average molecular weight is 376 g/mol. The fraction of sp³-hybridized carbons (Fsp3) is 0.0400. The molecule has 0 bridgehead atoms. The van der Waals surface area contributed by atoms with Gasteiger partial charge in [-0.1, -0.05) is 60.7 Å². The van der Waals surface area contributed by atoms with Gasteiger partial charge in [0.1, 0.15) is 18.0 Å². The number of rotatable bonds is 3. The second kappa shape index (κ2) is 6.04. The molecular formula is C25H16N2O2. The first-order valence-corrected chi connectivity index (χ1v) is 9.56. The average Bonchev–Trinajstić information content (AvgIpc) is 3.16. The Labute approximate surface area is 166 Å². The van der Waals surface area contributed by atoms with Crippen LogP contribution in [0, 0.1) is 0 Å². The highest BCUT2D eigenvalue weighted by molar-refractivity contribution is 6.15. The maximum atomic E-state index is 13.5. The zero-order valence-electron chi connectivity index (χ0n) is 15.5. The van der Waals surface area contributed by atoms with Crippen molar-refractivity contribution < 1.29 is 4.74 Å². The van der Waals surface area contributed by atoms with Gasteiger partial charge in [-0.2, -0.15) is 0 Å². The van der Waals surface area contributed by atoms with Gasteiger partial charge in [-0.25, -0.2) is 4.98 Å². The summed E-state index contributed by atoms with van der Waals surface area (Å²) in [5.74, 6) is 0.690. The maximum Gasteiger partial charge on any atom is 0.264 e. The Bertz CT molecular complexity index is 1570. The van der Waals surface area contributed by atoms with E-state index in [0.29, 0.717) is 23.4 Å². The number of pyridine rings is 1. The minimum atomic E-state index is -0.0671. The molecule has 138 valence electrons. The predicted molar refractivity (Wildman–Crippen MR) is 116 cm³/mol. The van der Waals surface area contributed by atoms with Crippen LogP contribution in [0.3, 0.4) is 0 Å². The molecule has 4 nitrogen and oxygen atoms in total. The van der Waals surface area contributed by atoms with Crippen LogP contribution >= 0.6 is 0 Å². The van der Waals surface area contributed by atoms with Crippen molar-refractivity contribution in [3.8, 4) is 5.75 Å². The summed E-state index contributed by atoms with van der Waals surface area (Å²) in [5.41, 5.74) is 3.37. The Hall–Kier alpha value is -3.92. The molecule has 2 heterocycles. The van der Waals surface area contributed by atoms with Gasteiger partial charge in [-0.05, 0) is 35.2 Å². The Kier molecular flexibility index (Phi) is 3.35. The smallest absolute Gasteiger partial charge is 0.264 e. The van der Waals surface area contributed by atoms with E-state index in [-0.39, 0.29) is 5.56 Å². The van der Waals surface area contributed by atoms with Crippen molar-refractivity contribution in [2.45, 2.75) is 6.61 Å². The number of ether oxygens (including phenoxy) is 1. The SMILES string of the molecule is O=c1c2cc(OCc3ccccc3)cc3cccc(c32)c2nc3ccccc3n12. The van der Waals surface area contributed by atoms with E-state index >= 15 is 0 Å². The Morgan fingerprint density at radius 1 is 0.828 bits per heavy atom. The molecule has 0 amide bonds. The Morgan fingerprint density at radius 2 is 1.66 bits per heavy atom. The van der Waals surface area contributed by atoms with Crippen molar-refractivity contribution in [2.75, 3.05) is 0 Å². The van der Waals surface area contributed by atoms with Crippen molar-refractivity contribution in [1.29, 1.82) is 0 Å². The lowest BCUT2D eigenvalue weighted by atomic mass is 10.0. The van der Waals surface area contributed by atoms with Gasteiger partial charge in [0.2, 0.25) is 0 Å². The normalized spacial score (nSPS) is 11.7. The third-order valence-corrected chi connectivity index (χ3v) is 5.43. The second-order valence-corrected chi connectivity index (χ2v) is 7.21. The molecule has 0 spiro atoms. The van der Waals surface area contributed by atoms with E-state index in [2.05, 4.69) is 0 Å². The first kappa shape index (κ1) is 16.1. The molecule has 0 saturated heterocycles. The van der Waals surface area contributed by atoms with E-state index in [1.807, 2.05) is 84.9 Å². The number of aromatic nitrogens is 2. The lowest BCUT2D eigenvalue weighted by Gasteiger charge is -2.11. The molecule has 4 aromatic carbocycles. The zero-order valence-corrected chi connectivity index (χ0v) is 15.5. The monoisotopic (exact) mass is 376 g/mol. The molecule has 0 aliphatic heterocycles. The van der Waals surface area contributed by atoms with Crippen molar-refractivity contribution in [2.24, 2.45) is 0 Å². The van der Waals surface area contributed by atoms with Gasteiger partial charge in [-0.15, -0.1) is 0 Å². The minimum absolute atomic E-state index is 0.0671. The summed E-state index contributed by atoms with van der Waals surface area (Å²) >= 11 is 0. The summed E-state index contributed by atoms with van der Waals surface area (Å²) in [4.78, 5) is 18.2. The number of hydrogen-bond acceptors (Lipinski definition) is 3. The van der Waals surface area contributed by atoms with Crippen molar-refractivity contribution in [3.05, 3.63) is 101 Å². The molecule has 0 radical (unpaired) electrons. The van der Waals surface area contributed by atoms with Gasteiger partial charge in [0, 0.05) is 10.8 Å². The molecule has 29 heavy (non-hydrogen) atoms. The molecule has 0 unspecified atom stereocenters. The standard InChI is InChI=1S/C25H16N2O2/c28-25-20-14-18(29-15-16-7-2-1-3-8-16)13-17-9-6-10-19(23(17)20)24-26-21-11-4-5-12-22(21)27(24)25/h1-14H,15H2. The molecule has 6 rings (SSSR count). The lowest BCUT2D eigenvalue weighted by molar-refractivity contribution is 0.307.